The van der Waals surface area contributed by atoms with E-state index in [1.165, 1.54) is 26.5 Å². The SMILES string of the molecule is COC(=O)c1ccc(COc2c(/C=N/n3c(SC)nnc3C(F)F)cccc2OC)o1. The number of esters is 1. The molecular weight excluding hydrogens is 434 g/mol. The lowest BCUT2D eigenvalue weighted by Crippen LogP contribution is -2.03. The lowest BCUT2D eigenvalue weighted by molar-refractivity contribution is 0.0561. The molecule has 0 N–H and O–H groups in total. The maximum Gasteiger partial charge on any atom is 0.373 e. The summed E-state index contributed by atoms with van der Waals surface area (Å²) in [6, 6.07) is 8.09. The summed E-state index contributed by atoms with van der Waals surface area (Å²) in [7, 11) is 2.71. The van der Waals surface area contributed by atoms with Crippen molar-refractivity contribution >= 4 is 23.9 Å². The summed E-state index contributed by atoms with van der Waals surface area (Å²) in [5.74, 6) is -0.0623. The second-order valence-electron chi connectivity index (χ2n) is 5.83. The molecule has 0 unspecified atom stereocenters. The lowest BCUT2D eigenvalue weighted by Gasteiger charge is -2.12. The van der Waals surface area contributed by atoms with E-state index in [0.717, 1.165) is 16.4 Å². The number of rotatable bonds is 9. The number of thioether (sulfide) groups is 1. The zero-order valence-electron chi connectivity index (χ0n) is 16.7. The standard InChI is InChI=1S/C19H18F2N4O5S/c1-27-13-6-4-5-11(9-22-25-17(16(20)21)23-24-19(25)31-3)15(13)29-10-12-7-8-14(30-12)18(26)28-2/h4-9,16H,10H2,1-3H3/b22-9+. The van der Waals surface area contributed by atoms with Crippen LogP contribution in [0.25, 0.3) is 0 Å². The Morgan fingerprint density at radius 3 is 2.77 bits per heavy atom. The Kier molecular flexibility index (Phi) is 7.23. The normalized spacial score (nSPS) is 11.3. The Labute approximate surface area is 180 Å². The fourth-order valence-electron chi connectivity index (χ4n) is 2.53. The number of para-hydroxylation sites is 1. The van der Waals surface area contributed by atoms with Crippen LogP contribution in [-0.2, 0) is 11.3 Å². The average molecular weight is 452 g/mol. The van der Waals surface area contributed by atoms with Crippen LogP contribution >= 0.6 is 11.8 Å². The highest BCUT2D eigenvalue weighted by Gasteiger charge is 2.20. The minimum Gasteiger partial charge on any atom is -0.493 e. The van der Waals surface area contributed by atoms with Crippen molar-refractivity contribution in [1.82, 2.24) is 14.9 Å². The molecule has 0 bridgehead atoms. The largest absolute Gasteiger partial charge is 0.493 e. The Bertz CT molecular complexity index is 1080. The molecule has 0 spiro atoms. The molecular formula is C19H18F2N4O5S. The van der Waals surface area contributed by atoms with Crippen LogP contribution in [0.2, 0.25) is 0 Å². The molecule has 0 amide bonds. The number of alkyl halides is 2. The number of carbonyl (C=O) groups excluding carboxylic acids is 1. The van der Waals surface area contributed by atoms with Gasteiger partial charge in [0.15, 0.2) is 11.5 Å². The van der Waals surface area contributed by atoms with Gasteiger partial charge in [0, 0.05) is 5.56 Å². The highest BCUT2D eigenvalue weighted by molar-refractivity contribution is 7.98. The van der Waals surface area contributed by atoms with Crippen molar-refractivity contribution in [2.24, 2.45) is 5.10 Å². The Morgan fingerprint density at radius 1 is 1.29 bits per heavy atom. The third-order valence-corrected chi connectivity index (χ3v) is 4.58. The molecule has 0 atom stereocenters. The first-order valence-electron chi connectivity index (χ1n) is 8.77. The summed E-state index contributed by atoms with van der Waals surface area (Å²) in [5.41, 5.74) is 0.458. The third-order valence-electron chi connectivity index (χ3n) is 3.96. The zero-order chi connectivity index (χ0) is 22.4. The van der Waals surface area contributed by atoms with Gasteiger partial charge in [-0.3, -0.25) is 0 Å². The van der Waals surface area contributed by atoms with Crippen LogP contribution in [0.3, 0.4) is 0 Å². The van der Waals surface area contributed by atoms with E-state index in [9.17, 15) is 13.6 Å². The molecule has 0 radical (unpaired) electrons. The van der Waals surface area contributed by atoms with E-state index in [1.54, 1.807) is 30.5 Å². The molecule has 2 heterocycles. The fraction of sp³-hybridized carbons (Fsp3) is 0.263. The summed E-state index contributed by atoms with van der Waals surface area (Å²) < 4.78 is 48.5. The van der Waals surface area contributed by atoms with E-state index < -0.39 is 18.2 Å². The van der Waals surface area contributed by atoms with E-state index in [-0.39, 0.29) is 17.5 Å². The Balaban J connectivity index is 1.88. The Hall–Kier alpha value is -3.41. The highest BCUT2D eigenvalue weighted by atomic mass is 32.2. The maximum atomic E-state index is 13.2. The van der Waals surface area contributed by atoms with Gasteiger partial charge in [0.1, 0.15) is 12.4 Å². The van der Waals surface area contributed by atoms with Crippen LogP contribution < -0.4 is 9.47 Å². The third kappa shape index (κ3) is 5.02. The van der Waals surface area contributed by atoms with Crippen molar-refractivity contribution in [1.29, 1.82) is 0 Å². The summed E-state index contributed by atoms with van der Waals surface area (Å²) in [6.45, 7) is -0.0246. The number of hydrogen-bond acceptors (Lipinski definition) is 9. The number of furan rings is 1. The van der Waals surface area contributed by atoms with Crippen LogP contribution in [0.15, 0.2) is 45.0 Å². The summed E-state index contributed by atoms with van der Waals surface area (Å²) in [4.78, 5) is 11.5. The predicted molar refractivity (Wildman–Crippen MR) is 107 cm³/mol. The minimum absolute atomic E-state index is 0.0246. The van der Waals surface area contributed by atoms with Gasteiger partial charge >= 0.3 is 5.97 Å². The monoisotopic (exact) mass is 452 g/mol. The number of methoxy groups -OCH3 is 2. The summed E-state index contributed by atoms with van der Waals surface area (Å²) >= 11 is 1.13. The van der Waals surface area contributed by atoms with Gasteiger partial charge in [0.25, 0.3) is 6.43 Å². The molecule has 3 rings (SSSR count). The van der Waals surface area contributed by atoms with Crippen molar-refractivity contribution in [2.75, 3.05) is 20.5 Å². The fourth-order valence-corrected chi connectivity index (χ4v) is 2.96. The number of benzene rings is 1. The van der Waals surface area contributed by atoms with Crippen molar-refractivity contribution in [3.8, 4) is 11.5 Å². The molecule has 3 aromatic rings. The molecule has 164 valence electrons. The average Bonchev–Trinajstić information content (AvgIpc) is 3.42. The van der Waals surface area contributed by atoms with Gasteiger partial charge in [-0.2, -0.15) is 9.78 Å². The van der Waals surface area contributed by atoms with Crippen molar-refractivity contribution in [2.45, 2.75) is 18.2 Å². The number of nitrogens with zero attached hydrogens (tertiary/aromatic N) is 4. The van der Waals surface area contributed by atoms with Gasteiger partial charge in [0.2, 0.25) is 16.7 Å². The van der Waals surface area contributed by atoms with E-state index >= 15 is 0 Å². The molecule has 9 nitrogen and oxygen atoms in total. The lowest BCUT2D eigenvalue weighted by atomic mass is 10.2. The molecule has 0 aliphatic carbocycles. The van der Waals surface area contributed by atoms with Crippen LogP contribution in [0.1, 0.15) is 34.1 Å². The van der Waals surface area contributed by atoms with Crippen LogP contribution in [0, 0.1) is 0 Å². The second kappa shape index (κ2) is 10.1. The number of halogens is 2. The van der Waals surface area contributed by atoms with Gasteiger partial charge in [-0.05, 0) is 30.5 Å². The number of aromatic nitrogens is 3. The van der Waals surface area contributed by atoms with E-state index in [2.05, 4.69) is 20.0 Å². The van der Waals surface area contributed by atoms with Gasteiger partial charge in [-0.1, -0.05) is 17.8 Å². The van der Waals surface area contributed by atoms with E-state index in [4.69, 9.17) is 13.9 Å². The predicted octanol–water partition coefficient (Wildman–Crippen LogP) is 3.79. The first-order valence-corrected chi connectivity index (χ1v) is 9.99. The second-order valence-corrected chi connectivity index (χ2v) is 6.60. The molecule has 0 saturated carbocycles. The molecule has 0 aliphatic heterocycles. The molecule has 2 aromatic heterocycles. The summed E-state index contributed by atoms with van der Waals surface area (Å²) in [6.07, 6.45) is 0.182. The topological polar surface area (TPSA) is 101 Å². The summed E-state index contributed by atoms with van der Waals surface area (Å²) in [5, 5.41) is 11.5. The van der Waals surface area contributed by atoms with Gasteiger partial charge in [-0.25, -0.2) is 13.6 Å². The number of ether oxygens (including phenoxy) is 3. The minimum atomic E-state index is -2.84. The molecule has 0 saturated heterocycles. The van der Waals surface area contributed by atoms with Crippen LogP contribution in [-0.4, -0.2) is 47.5 Å². The molecule has 31 heavy (non-hydrogen) atoms. The Morgan fingerprint density at radius 2 is 2.10 bits per heavy atom. The van der Waals surface area contributed by atoms with Gasteiger partial charge in [0.05, 0.1) is 20.4 Å². The van der Waals surface area contributed by atoms with E-state index in [0.29, 0.717) is 22.8 Å². The first kappa shape index (κ1) is 22.3. The first-order chi connectivity index (χ1) is 15.0. The van der Waals surface area contributed by atoms with Crippen molar-refractivity contribution < 1.29 is 32.2 Å². The molecule has 12 heteroatoms. The van der Waals surface area contributed by atoms with E-state index in [1.807, 2.05) is 0 Å². The molecule has 0 aliphatic rings. The van der Waals surface area contributed by atoms with Gasteiger partial charge < -0.3 is 18.6 Å². The number of carbonyl (C=O) groups is 1. The molecule has 0 fully saturated rings. The quantitative estimate of drug-likeness (QED) is 0.275. The van der Waals surface area contributed by atoms with Crippen LogP contribution in [0.5, 0.6) is 11.5 Å². The van der Waals surface area contributed by atoms with Crippen molar-refractivity contribution in [3.05, 3.63) is 53.2 Å². The van der Waals surface area contributed by atoms with Crippen LogP contribution in [0.4, 0.5) is 8.78 Å². The smallest absolute Gasteiger partial charge is 0.373 e. The number of hydrogen-bond donors (Lipinski definition) is 0. The molecule has 1 aromatic carbocycles. The van der Waals surface area contributed by atoms with Gasteiger partial charge in [-0.15, -0.1) is 10.2 Å². The van der Waals surface area contributed by atoms with Crippen molar-refractivity contribution in [3.63, 3.8) is 0 Å². The maximum absolute atomic E-state index is 13.2. The zero-order valence-corrected chi connectivity index (χ0v) is 17.6. The highest BCUT2D eigenvalue weighted by Crippen LogP contribution is 2.31.